The fourth-order valence-electron chi connectivity index (χ4n) is 4.30. The summed E-state index contributed by atoms with van der Waals surface area (Å²) < 4.78 is 10.5. The van der Waals surface area contributed by atoms with Crippen molar-refractivity contribution in [1.29, 1.82) is 0 Å². The van der Waals surface area contributed by atoms with Gasteiger partial charge >= 0.3 is 11.9 Å². The molecule has 1 aliphatic heterocycles. The van der Waals surface area contributed by atoms with Crippen LogP contribution in [0.1, 0.15) is 30.9 Å². The molecule has 11 nitrogen and oxygen atoms in total. The van der Waals surface area contributed by atoms with Gasteiger partial charge in [-0.3, -0.25) is 15.0 Å². The number of ether oxygens (including phenoxy) is 2. The first-order valence-corrected chi connectivity index (χ1v) is 11.5. The number of carbonyl (C=O) groups excluding carboxylic acids is 2. The number of nitro benzene ring substituents is 1. The summed E-state index contributed by atoms with van der Waals surface area (Å²) in [5.41, 5.74) is 1.41. The van der Waals surface area contributed by atoms with Crippen LogP contribution in [0.25, 0.3) is 0 Å². The van der Waals surface area contributed by atoms with Gasteiger partial charge in [0.2, 0.25) is 0 Å². The number of esters is 2. The number of methoxy groups -OCH3 is 1. The largest absolute Gasteiger partial charge is 0.466 e. The molecule has 2 aromatic carbocycles. The van der Waals surface area contributed by atoms with Crippen LogP contribution in [0.2, 0.25) is 0 Å². The Morgan fingerprint density at radius 1 is 1.05 bits per heavy atom. The molecule has 0 aromatic heterocycles. The third-order valence-electron chi connectivity index (χ3n) is 6.12. The van der Waals surface area contributed by atoms with Gasteiger partial charge in [0.15, 0.2) is 0 Å². The number of likely N-dealkylation sites (N-methyl/N-ethyl adjacent to an activating group) is 1. The van der Waals surface area contributed by atoms with Crippen LogP contribution in [0, 0.1) is 15.0 Å². The average Bonchev–Trinajstić information content (AvgIpc) is 2.88. The van der Waals surface area contributed by atoms with Crippen LogP contribution in [-0.2, 0) is 25.6 Å². The number of nitrogens with zero attached hydrogens (tertiary/aromatic N) is 4. The zero-order valence-corrected chi connectivity index (χ0v) is 21.0. The minimum absolute atomic E-state index is 0.0307. The van der Waals surface area contributed by atoms with Gasteiger partial charge in [-0.15, -0.1) is 4.91 Å². The van der Waals surface area contributed by atoms with Gasteiger partial charge in [0, 0.05) is 25.2 Å². The SMILES string of the molecule is COC(=O)C1=C(C)N(N=O)C(C)=C(C(=O)OCCN(C)Cc2ccccc2)C1c1cccc([N+](=O)[O-])c1. The van der Waals surface area contributed by atoms with Crippen LogP contribution >= 0.6 is 0 Å². The van der Waals surface area contributed by atoms with Crippen LogP contribution in [0.4, 0.5) is 5.69 Å². The zero-order chi connectivity index (χ0) is 27.1. The lowest BCUT2D eigenvalue weighted by Gasteiger charge is -2.33. The molecule has 0 saturated carbocycles. The van der Waals surface area contributed by atoms with Crippen molar-refractivity contribution in [1.82, 2.24) is 9.91 Å². The second kappa shape index (κ2) is 12.0. The van der Waals surface area contributed by atoms with Crippen molar-refractivity contribution in [3.05, 3.63) is 103 Å². The molecule has 1 unspecified atom stereocenters. The third kappa shape index (κ3) is 6.07. The fourth-order valence-corrected chi connectivity index (χ4v) is 4.30. The molecular weight excluding hydrogens is 480 g/mol. The first kappa shape index (κ1) is 27.2. The molecule has 0 aliphatic carbocycles. The molecule has 1 heterocycles. The van der Waals surface area contributed by atoms with E-state index in [4.69, 9.17) is 9.47 Å². The normalized spacial score (nSPS) is 15.6. The first-order valence-electron chi connectivity index (χ1n) is 11.5. The van der Waals surface area contributed by atoms with Crippen LogP contribution in [0.3, 0.4) is 0 Å². The topological polar surface area (TPSA) is 132 Å². The Kier molecular flexibility index (Phi) is 8.86. The second-order valence-corrected chi connectivity index (χ2v) is 8.53. The molecule has 0 amide bonds. The summed E-state index contributed by atoms with van der Waals surface area (Å²) >= 11 is 0. The Morgan fingerprint density at radius 2 is 1.70 bits per heavy atom. The van der Waals surface area contributed by atoms with Gasteiger partial charge in [-0.2, -0.15) is 0 Å². The predicted octanol–water partition coefficient (Wildman–Crippen LogP) is 4.07. The van der Waals surface area contributed by atoms with Gasteiger partial charge in [0.05, 0.1) is 45.8 Å². The van der Waals surface area contributed by atoms with Crippen molar-refractivity contribution in [2.45, 2.75) is 26.3 Å². The molecule has 1 atom stereocenters. The monoisotopic (exact) mass is 508 g/mol. The molecule has 0 fully saturated rings. The highest BCUT2D eigenvalue weighted by atomic mass is 16.6. The lowest BCUT2D eigenvalue weighted by Crippen LogP contribution is -2.33. The first-order chi connectivity index (χ1) is 17.7. The highest BCUT2D eigenvalue weighted by molar-refractivity contribution is 5.99. The Bertz CT molecular complexity index is 1260. The highest BCUT2D eigenvalue weighted by Crippen LogP contribution is 2.43. The van der Waals surface area contributed by atoms with Crippen LogP contribution in [0.15, 0.2) is 82.4 Å². The van der Waals surface area contributed by atoms with E-state index in [0.717, 1.165) is 17.7 Å². The second-order valence-electron chi connectivity index (χ2n) is 8.53. The molecule has 0 saturated heterocycles. The van der Waals surface area contributed by atoms with Crippen molar-refractivity contribution in [3.8, 4) is 0 Å². The number of non-ortho nitro benzene ring substituents is 1. The number of nitroso groups, excluding NO2 is 1. The minimum atomic E-state index is -1.07. The Labute approximate surface area is 214 Å². The van der Waals surface area contributed by atoms with E-state index in [2.05, 4.69) is 5.29 Å². The molecule has 3 rings (SSSR count). The minimum Gasteiger partial charge on any atom is -0.466 e. The van der Waals surface area contributed by atoms with E-state index in [-0.39, 0.29) is 34.8 Å². The van der Waals surface area contributed by atoms with Crippen molar-refractivity contribution >= 4 is 17.6 Å². The van der Waals surface area contributed by atoms with Crippen molar-refractivity contribution < 1.29 is 24.0 Å². The predicted molar refractivity (Wildman–Crippen MR) is 135 cm³/mol. The number of benzene rings is 2. The van der Waals surface area contributed by atoms with Crippen LogP contribution < -0.4 is 0 Å². The van der Waals surface area contributed by atoms with E-state index in [9.17, 15) is 24.6 Å². The average molecular weight is 509 g/mol. The van der Waals surface area contributed by atoms with Gasteiger partial charge in [-0.25, -0.2) is 14.6 Å². The summed E-state index contributed by atoms with van der Waals surface area (Å²) in [7, 11) is 3.05. The fraction of sp³-hybridized carbons (Fsp3) is 0.308. The smallest absolute Gasteiger partial charge is 0.336 e. The van der Waals surface area contributed by atoms with Gasteiger partial charge in [-0.1, -0.05) is 42.5 Å². The molecule has 1 aliphatic rings. The van der Waals surface area contributed by atoms with Gasteiger partial charge in [0.25, 0.3) is 5.69 Å². The quantitative estimate of drug-likeness (QED) is 0.202. The number of carbonyl (C=O) groups is 2. The maximum atomic E-state index is 13.4. The maximum absolute atomic E-state index is 13.4. The van der Waals surface area contributed by atoms with Crippen LogP contribution in [-0.4, -0.2) is 54.1 Å². The molecular formula is C26H28N4O7. The molecule has 194 valence electrons. The van der Waals surface area contributed by atoms with E-state index in [1.165, 1.54) is 32.0 Å². The molecule has 0 spiro atoms. The Balaban J connectivity index is 1.93. The summed E-state index contributed by atoms with van der Waals surface area (Å²) in [5.74, 6) is -2.65. The van der Waals surface area contributed by atoms with Crippen LogP contribution in [0.5, 0.6) is 0 Å². The third-order valence-corrected chi connectivity index (χ3v) is 6.12. The molecule has 2 aromatic rings. The van der Waals surface area contributed by atoms with Gasteiger partial charge in [0.1, 0.15) is 6.61 Å². The summed E-state index contributed by atoms with van der Waals surface area (Å²) in [6, 6.07) is 15.4. The molecule has 0 bridgehead atoms. The van der Waals surface area contributed by atoms with Gasteiger partial charge < -0.3 is 9.47 Å². The van der Waals surface area contributed by atoms with E-state index >= 15 is 0 Å². The summed E-state index contributed by atoms with van der Waals surface area (Å²) in [5, 5.41) is 15.3. The number of rotatable bonds is 10. The zero-order valence-electron chi connectivity index (χ0n) is 21.0. The lowest BCUT2D eigenvalue weighted by molar-refractivity contribution is -0.384. The maximum Gasteiger partial charge on any atom is 0.336 e. The van der Waals surface area contributed by atoms with E-state index in [1.54, 1.807) is 6.07 Å². The highest BCUT2D eigenvalue weighted by Gasteiger charge is 2.41. The Morgan fingerprint density at radius 3 is 2.30 bits per heavy atom. The van der Waals surface area contributed by atoms with Crippen molar-refractivity contribution in [2.75, 3.05) is 27.3 Å². The van der Waals surface area contributed by atoms with E-state index in [0.29, 0.717) is 18.7 Å². The van der Waals surface area contributed by atoms with Gasteiger partial charge in [-0.05, 0) is 32.0 Å². The number of hydrogen-bond donors (Lipinski definition) is 0. The molecule has 0 radical (unpaired) electrons. The summed E-state index contributed by atoms with van der Waals surface area (Å²) in [6.07, 6.45) is 0. The van der Waals surface area contributed by atoms with E-state index < -0.39 is 22.8 Å². The number of allylic oxidation sites excluding steroid dienone is 2. The van der Waals surface area contributed by atoms with E-state index in [1.807, 2.05) is 42.3 Å². The standard InChI is InChI=1S/C26H28N4O7/c1-17-22(25(31)36-4)24(20-11-8-12-21(15-20)30(34)35)23(18(2)29(17)27-33)26(32)37-14-13-28(3)16-19-9-6-5-7-10-19/h5-12,15,24H,13-14,16H2,1-4H3. The molecule has 11 heteroatoms. The Hall–Kier alpha value is -4.38. The number of hydrogen-bond acceptors (Lipinski definition) is 9. The molecule has 37 heavy (non-hydrogen) atoms. The van der Waals surface area contributed by atoms with Crippen molar-refractivity contribution in [2.24, 2.45) is 5.29 Å². The number of nitro groups is 1. The summed E-state index contributed by atoms with van der Waals surface area (Å²) in [4.78, 5) is 50.7. The van der Waals surface area contributed by atoms with Crippen molar-refractivity contribution in [3.63, 3.8) is 0 Å². The lowest BCUT2D eigenvalue weighted by atomic mass is 9.80. The summed E-state index contributed by atoms with van der Waals surface area (Å²) in [6.45, 7) is 4.09. The molecule has 0 N–H and O–H groups in total.